The van der Waals surface area contributed by atoms with Crippen LogP contribution in [0.4, 0.5) is 0 Å². The van der Waals surface area contributed by atoms with Crippen molar-refractivity contribution >= 4 is 0 Å². The number of aryl methyl sites for hydroxylation is 2. The number of aromatic nitrogens is 2. The van der Waals surface area contributed by atoms with E-state index in [9.17, 15) is 0 Å². The minimum atomic E-state index is 0.422. The standard InChI is InChI=1S/C12H23N3O/c1-5-11(9-16-4)13-8-12-7-10(3)14-15(12)6-2/h7,11,13H,5-6,8-9H2,1-4H3. The topological polar surface area (TPSA) is 39.1 Å². The van der Waals surface area contributed by atoms with Gasteiger partial charge in [0.15, 0.2) is 0 Å². The summed E-state index contributed by atoms with van der Waals surface area (Å²) >= 11 is 0. The van der Waals surface area contributed by atoms with Crippen LogP contribution in [0.25, 0.3) is 0 Å². The number of rotatable bonds is 7. The van der Waals surface area contributed by atoms with E-state index in [1.165, 1.54) is 5.69 Å². The first-order valence-corrected chi connectivity index (χ1v) is 5.96. The Morgan fingerprint density at radius 3 is 2.81 bits per heavy atom. The smallest absolute Gasteiger partial charge is 0.0615 e. The van der Waals surface area contributed by atoms with Gasteiger partial charge in [0.2, 0.25) is 0 Å². The van der Waals surface area contributed by atoms with Gasteiger partial charge in [0, 0.05) is 26.2 Å². The molecule has 0 saturated carbocycles. The van der Waals surface area contributed by atoms with Crippen molar-refractivity contribution in [2.24, 2.45) is 0 Å². The number of hydrogen-bond acceptors (Lipinski definition) is 3. The number of nitrogens with zero attached hydrogens (tertiary/aromatic N) is 2. The molecule has 0 saturated heterocycles. The van der Waals surface area contributed by atoms with Gasteiger partial charge in [-0.15, -0.1) is 0 Å². The second-order valence-electron chi connectivity index (χ2n) is 4.03. The van der Waals surface area contributed by atoms with Gasteiger partial charge in [-0.3, -0.25) is 4.68 Å². The van der Waals surface area contributed by atoms with E-state index in [0.717, 1.165) is 31.8 Å². The Morgan fingerprint density at radius 1 is 1.50 bits per heavy atom. The zero-order valence-corrected chi connectivity index (χ0v) is 10.8. The SMILES string of the molecule is CCC(COC)NCc1cc(C)nn1CC. The van der Waals surface area contributed by atoms with Crippen molar-refractivity contribution in [3.05, 3.63) is 17.5 Å². The first-order valence-electron chi connectivity index (χ1n) is 5.96. The Hall–Kier alpha value is -0.870. The van der Waals surface area contributed by atoms with E-state index in [1.807, 2.05) is 11.6 Å². The van der Waals surface area contributed by atoms with Crippen molar-refractivity contribution in [1.82, 2.24) is 15.1 Å². The van der Waals surface area contributed by atoms with Gasteiger partial charge in [-0.1, -0.05) is 6.92 Å². The third-order valence-electron chi connectivity index (χ3n) is 2.72. The van der Waals surface area contributed by atoms with Crippen LogP contribution in [0.1, 0.15) is 31.7 Å². The molecular formula is C12H23N3O. The molecule has 0 bridgehead atoms. The molecule has 4 nitrogen and oxygen atoms in total. The first kappa shape index (κ1) is 13.2. The predicted molar refractivity (Wildman–Crippen MR) is 65.4 cm³/mol. The summed E-state index contributed by atoms with van der Waals surface area (Å²) < 4.78 is 7.20. The van der Waals surface area contributed by atoms with Gasteiger partial charge in [0.1, 0.15) is 0 Å². The monoisotopic (exact) mass is 225 g/mol. The normalized spacial score (nSPS) is 13.0. The molecule has 0 aromatic carbocycles. The Labute approximate surface area is 98.0 Å². The average Bonchev–Trinajstić information content (AvgIpc) is 2.65. The quantitative estimate of drug-likeness (QED) is 0.768. The van der Waals surface area contributed by atoms with Crippen LogP contribution in [0.3, 0.4) is 0 Å². The van der Waals surface area contributed by atoms with Crippen molar-refractivity contribution < 1.29 is 4.74 Å². The third kappa shape index (κ3) is 3.61. The van der Waals surface area contributed by atoms with Crippen molar-refractivity contribution in [3.63, 3.8) is 0 Å². The van der Waals surface area contributed by atoms with Crippen LogP contribution in [0.5, 0.6) is 0 Å². The summed E-state index contributed by atoms with van der Waals surface area (Å²) in [5.41, 5.74) is 2.33. The highest BCUT2D eigenvalue weighted by Gasteiger charge is 2.08. The highest BCUT2D eigenvalue weighted by Crippen LogP contribution is 2.04. The van der Waals surface area contributed by atoms with E-state index in [0.29, 0.717) is 6.04 Å². The summed E-state index contributed by atoms with van der Waals surface area (Å²) in [4.78, 5) is 0. The average molecular weight is 225 g/mol. The zero-order chi connectivity index (χ0) is 12.0. The van der Waals surface area contributed by atoms with Crippen molar-refractivity contribution in [2.45, 2.75) is 46.3 Å². The van der Waals surface area contributed by atoms with E-state index < -0.39 is 0 Å². The van der Waals surface area contributed by atoms with Crippen molar-refractivity contribution in [2.75, 3.05) is 13.7 Å². The number of ether oxygens (including phenoxy) is 1. The molecule has 1 rings (SSSR count). The third-order valence-corrected chi connectivity index (χ3v) is 2.72. The summed E-state index contributed by atoms with van der Waals surface area (Å²) in [6.07, 6.45) is 1.08. The molecule has 0 aliphatic carbocycles. The highest BCUT2D eigenvalue weighted by molar-refractivity contribution is 5.08. The Kier molecular flexibility index (Phi) is 5.49. The molecule has 1 N–H and O–H groups in total. The van der Waals surface area contributed by atoms with E-state index >= 15 is 0 Å². The Balaban J connectivity index is 2.52. The lowest BCUT2D eigenvalue weighted by atomic mass is 10.2. The first-order chi connectivity index (χ1) is 7.71. The van der Waals surface area contributed by atoms with Crippen LogP contribution in [0.15, 0.2) is 6.07 Å². The number of nitrogens with one attached hydrogen (secondary N) is 1. The van der Waals surface area contributed by atoms with Crippen LogP contribution < -0.4 is 5.32 Å². The Morgan fingerprint density at radius 2 is 2.25 bits per heavy atom. The molecule has 0 aliphatic rings. The summed E-state index contributed by atoms with van der Waals surface area (Å²) in [5, 5.41) is 7.91. The van der Waals surface area contributed by atoms with Gasteiger partial charge >= 0.3 is 0 Å². The number of methoxy groups -OCH3 is 1. The molecule has 1 heterocycles. The fourth-order valence-electron chi connectivity index (χ4n) is 1.79. The molecular weight excluding hydrogens is 202 g/mol. The van der Waals surface area contributed by atoms with Gasteiger partial charge in [-0.25, -0.2) is 0 Å². The van der Waals surface area contributed by atoms with Gasteiger partial charge < -0.3 is 10.1 Å². The lowest BCUT2D eigenvalue weighted by Gasteiger charge is -2.16. The molecule has 4 heteroatoms. The highest BCUT2D eigenvalue weighted by atomic mass is 16.5. The molecule has 16 heavy (non-hydrogen) atoms. The van der Waals surface area contributed by atoms with Crippen molar-refractivity contribution in [1.29, 1.82) is 0 Å². The lowest BCUT2D eigenvalue weighted by Crippen LogP contribution is -2.32. The molecule has 1 aromatic heterocycles. The van der Waals surface area contributed by atoms with Crippen LogP contribution in [-0.4, -0.2) is 29.5 Å². The maximum atomic E-state index is 5.16. The molecule has 0 radical (unpaired) electrons. The molecule has 1 atom stereocenters. The largest absolute Gasteiger partial charge is 0.383 e. The summed E-state index contributed by atoms with van der Waals surface area (Å²) in [7, 11) is 1.74. The van der Waals surface area contributed by atoms with E-state index in [1.54, 1.807) is 7.11 Å². The maximum absolute atomic E-state index is 5.16. The molecule has 0 amide bonds. The summed E-state index contributed by atoms with van der Waals surface area (Å²) in [5.74, 6) is 0. The summed E-state index contributed by atoms with van der Waals surface area (Å²) in [6, 6.07) is 2.56. The summed E-state index contributed by atoms with van der Waals surface area (Å²) in [6.45, 7) is 8.85. The maximum Gasteiger partial charge on any atom is 0.0615 e. The van der Waals surface area contributed by atoms with Gasteiger partial charge in [-0.05, 0) is 26.3 Å². The second kappa shape index (κ2) is 6.66. The van der Waals surface area contributed by atoms with E-state index in [-0.39, 0.29) is 0 Å². The Bertz CT molecular complexity index is 309. The molecule has 1 aromatic rings. The van der Waals surface area contributed by atoms with E-state index in [4.69, 9.17) is 4.74 Å². The van der Waals surface area contributed by atoms with Crippen LogP contribution in [-0.2, 0) is 17.8 Å². The fourth-order valence-corrected chi connectivity index (χ4v) is 1.79. The van der Waals surface area contributed by atoms with Crippen LogP contribution in [0.2, 0.25) is 0 Å². The van der Waals surface area contributed by atoms with Crippen LogP contribution >= 0.6 is 0 Å². The number of hydrogen-bond donors (Lipinski definition) is 1. The van der Waals surface area contributed by atoms with E-state index in [2.05, 4.69) is 30.3 Å². The molecule has 0 aliphatic heterocycles. The van der Waals surface area contributed by atoms with Crippen LogP contribution in [0, 0.1) is 6.92 Å². The lowest BCUT2D eigenvalue weighted by molar-refractivity contribution is 0.163. The minimum Gasteiger partial charge on any atom is -0.383 e. The minimum absolute atomic E-state index is 0.422. The molecule has 0 spiro atoms. The van der Waals surface area contributed by atoms with Gasteiger partial charge in [-0.2, -0.15) is 5.10 Å². The van der Waals surface area contributed by atoms with Gasteiger partial charge in [0.05, 0.1) is 18.0 Å². The van der Waals surface area contributed by atoms with Crippen molar-refractivity contribution in [3.8, 4) is 0 Å². The molecule has 1 unspecified atom stereocenters. The second-order valence-corrected chi connectivity index (χ2v) is 4.03. The molecule has 0 fully saturated rings. The van der Waals surface area contributed by atoms with Gasteiger partial charge in [0.25, 0.3) is 0 Å². The zero-order valence-electron chi connectivity index (χ0n) is 10.8. The fraction of sp³-hybridized carbons (Fsp3) is 0.750. The molecule has 92 valence electrons. The predicted octanol–water partition coefficient (Wildman–Crippen LogP) is 1.73.